The predicted octanol–water partition coefficient (Wildman–Crippen LogP) is 2.26. The van der Waals surface area contributed by atoms with Gasteiger partial charge >= 0.3 is 0 Å². The third kappa shape index (κ3) is 3.61. The Kier molecular flexibility index (Phi) is 4.65. The first-order valence-corrected chi connectivity index (χ1v) is 5.02. The Morgan fingerprint density at radius 2 is 2.07 bits per heavy atom. The van der Waals surface area contributed by atoms with Gasteiger partial charge in [0.05, 0.1) is 13.2 Å². The van der Waals surface area contributed by atoms with Crippen molar-refractivity contribution >= 4 is 0 Å². The van der Waals surface area contributed by atoms with Crippen LogP contribution in [0.5, 0.6) is 5.75 Å². The fourth-order valence-corrected chi connectivity index (χ4v) is 1.36. The Morgan fingerprint density at radius 1 is 1.40 bits per heavy atom. The number of nitrogens with one attached hydrogen (secondary N) is 1. The smallest absolute Gasteiger partial charge is 0.118 e. The van der Waals surface area contributed by atoms with Crippen molar-refractivity contribution < 1.29 is 4.74 Å². The van der Waals surface area contributed by atoms with Gasteiger partial charge in [-0.1, -0.05) is 12.1 Å². The zero-order chi connectivity index (χ0) is 11.1. The molecule has 0 aliphatic rings. The molecule has 0 radical (unpaired) electrons. The van der Waals surface area contributed by atoms with Gasteiger partial charge in [0.15, 0.2) is 0 Å². The molecule has 0 aromatic heterocycles. The van der Waals surface area contributed by atoms with Gasteiger partial charge in [-0.3, -0.25) is 0 Å². The maximum absolute atomic E-state index is 8.41. The average Bonchev–Trinajstić information content (AvgIpc) is 2.29. The van der Waals surface area contributed by atoms with Gasteiger partial charge in [0.25, 0.3) is 0 Å². The highest BCUT2D eigenvalue weighted by Gasteiger charge is 2.03. The minimum Gasteiger partial charge on any atom is -0.497 e. The Hall–Kier alpha value is -1.53. The second kappa shape index (κ2) is 6.05. The Bertz CT molecular complexity index is 326. The van der Waals surface area contributed by atoms with Crippen molar-refractivity contribution in [3.63, 3.8) is 0 Å². The molecule has 1 aromatic carbocycles. The largest absolute Gasteiger partial charge is 0.497 e. The van der Waals surface area contributed by atoms with Gasteiger partial charge in [0.2, 0.25) is 0 Å². The van der Waals surface area contributed by atoms with Crippen molar-refractivity contribution in [2.45, 2.75) is 19.4 Å². The second-order valence-corrected chi connectivity index (χ2v) is 3.36. The maximum Gasteiger partial charge on any atom is 0.118 e. The first kappa shape index (κ1) is 11.5. The van der Waals surface area contributed by atoms with Crippen LogP contribution in [0.15, 0.2) is 24.3 Å². The predicted molar refractivity (Wildman–Crippen MR) is 59.6 cm³/mol. The Balaban J connectivity index is 2.51. The van der Waals surface area contributed by atoms with E-state index < -0.39 is 0 Å². The van der Waals surface area contributed by atoms with E-state index in [1.165, 1.54) is 5.56 Å². The van der Waals surface area contributed by atoms with Gasteiger partial charge in [-0.25, -0.2) is 0 Å². The quantitative estimate of drug-likeness (QED) is 0.748. The molecule has 3 heteroatoms. The van der Waals surface area contributed by atoms with E-state index in [9.17, 15) is 0 Å². The highest BCUT2D eigenvalue weighted by atomic mass is 16.5. The third-order valence-corrected chi connectivity index (χ3v) is 2.30. The number of ether oxygens (including phenoxy) is 1. The van der Waals surface area contributed by atoms with E-state index in [4.69, 9.17) is 10.00 Å². The lowest BCUT2D eigenvalue weighted by Gasteiger charge is -2.13. The molecule has 0 bridgehead atoms. The summed E-state index contributed by atoms with van der Waals surface area (Å²) < 4.78 is 5.08. The average molecular weight is 204 g/mol. The van der Waals surface area contributed by atoms with Crippen LogP contribution in [0.4, 0.5) is 0 Å². The number of hydrogen-bond donors (Lipinski definition) is 1. The normalized spacial score (nSPS) is 11.8. The molecule has 0 amide bonds. The minimum atomic E-state index is 0.268. The minimum absolute atomic E-state index is 0.268. The third-order valence-electron chi connectivity index (χ3n) is 2.30. The summed E-state index contributed by atoms with van der Waals surface area (Å²) in [5.41, 5.74) is 1.20. The molecule has 80 valence electrons. The summed E-state index contributed by atoms with van der Waals surface area (Å²) in [6.45, 7) is 2.81. The number of nitrogens with zero attached hydrogens (tertiary/aromatic N) is 1. The molecule has 0 unspecified atom stereocenters. The van der Waals surface area contributed by atoms with Gasteiger partial charge in [-0.05, 0) is 24.6 Å². The zero-order valence-corrected chi connectivity index (χ0v) is 9.16. The highest BCUT2D eigenvalue weighted by molar-refractivity contribution is 5.28. The van der Waals surface area contributed by atoms with Crippen molar-refractivity contribution in [2.24, 2.45) is 0 Å². The monoisotopic (exact) mass is 204 g/mol. The van der Waals surface area contributed by atoms with Crippen molar-refractivity contribution in [3.05, 3.63) is 29.8 Å². The standard InChI is InChI=1S/C12H16N2O/c1-10(14-9-3-8-13)11-4-6-12(15-2)7-5-11/h4-7,10,14H,3,9H2,1-2H3/t10-/m1/s1. The lowest BCUT2D eigenvalue weighted by atomic mass is 10.1. The molecule has 0 spiro atoms. The van der Waals surface area contributed by atoms with Gasteiger partial charge in [0.1, 0.15) is 5.75 Å². The van der Waals surface area contributed by atoms with Crippen LogP contribution in [0.1, 0.15) is 24.9 Å². The van der Waals surface area contributed by atoms with E-state index in [1.54, 1.807) is 7.11 Å². The van der Waals surface area contributed by atoms with E-state index in [1.807, 2.05) is 24.3 Å². The van der Waals surface area contributed by atoms with E-state index in [-0.39, 0.29) is 6.04 Å². The summed E-state index contributed by atoms with van der Waals surface area (Å²) in [6, 6.07) is 10.3. The molecule has 0 saturated heterocycles. The molecule has 0 aliphatic heterocycles. The molecule has 15 heavy (non-hydrogen) atoms. The summed E-state index contributed by atoms with van der Waals surface area (Å²) in [5.74, 6) is 0.864. The van der Waals surface area contributed by atoms with Crippen molar-refractivity contribution in [1.82, 2.24) is 5.32 Å². The van der Waals surface area contributed by atoms with Crippen LogP contribution in [0, 0.1) is 11.3 Å². The SMILES string of the molecule is COc1ccc([C@@H](C)NCCC#N)cc1. The molecule has 1 rings (SSSR count). The van der Waals surface area contributed by atoms with Crippen LogP contribution in [0.25, 0.3) is 0 Å². The summed E-state index contributed by atoms with van der Waals surface area (Å²) in [4.78, 5) is 0. The van der Waals surface area contributed by atoms with Gasteiger partial charge in [0, 0.05) is 19.0 Å². The van der Waals surface area contributed by atoms with Crippen LogP contribution < -0.4 is 10.1 Å². The molecule has 1 aromatic rings. The van der Waals surface area contributed by atoms with E-state index in [0.717, 1.165) is 12.3 Å². The molecule has 1 N–H and O–H groups in total. The molecule has 1 atom stereocenters. The number of benzene rings is 1. The van der Waals surface area contributed by atoms with E-state index in [2.05, 4.69) is 18.3 Å². The summed E-state index contributed by atoms with van der Waals surface area (Å²) in [5, 5.41) is 11.7. The summed E-state index contributed by atoms with van der Waals surface area (Å²) in [7, 11) is 1.66. The number of hydrogen-bond acceptors (Lipinski definition) is 3. The lowest BCUT2D eigenvalue weighted by molar-refractivity contribution is 0.414. The summed E-state index contributed by atoms with van der Waals surface area (Å²) >= 11 is 0. The zero-order valence-electron chi connectivity index (χ0n) is 9.16. The molecule has 0 aliphatic carbocycles. The van der Waals surface area contributed by atoms with Crippen LogP contribution in [0.2, 0.25) is 0 Å². The van der Waals surface area contributed by atoms with E-state index >= 15 is 0 Å². The number of methoxy groups -OCH3 is 1. The van der Waals surface area contributed by atoms with Gasteiger partial charge in [-0.15, -0.1) is 0 Å². The van der Waals surface area contributed by atoms with Crippen molar-refractivity contribution in [3.8, 4) is 11.8 Å². The molecular formula is C12H16N2O. The Morgan fingerprint density at radius 3 is 2.60 bits per heavy atom. The molecule has 0 heterocycles. The number of nitriles is 1. The van der Waals surface area contributed by atoms with E-state index in [0.29, 0.717) is 6.42 Å². The molecule has 0 saturated carbocycles. The summed E-state index contributed by atoms with van der Waals surface area (Å²) in [6.07, 6.45) is 0.542. The lowest BCUT2D eigenvalue weighted by Crippen LogP contribution is -2.19. The van der Waals surface area contributed by atoms with Crippen LogP contribution in [0.3, 0.4) is 0 Å². The molecule has 3 nitrogen and oxygen atoms in total. The van der Waals surface area contributed by atoms with Crippen molar-refractivity contribution in [2.75, 3.05) is 13.7 Å². The van der Waals surface area contributed by atoms with Crippen molar-refractivity contribution in [1.29, 1.82) is 5.26 Å². The van der Waals surface area contributed by atoms with Crippen LogP contribution in [-0.2, 0) is 0 Å². The fourth-order valence-electron chi connectivity index (χ4n) is 1.36. The number of rotatable bonds is 5. The Labute approximate surface area is 90.7 Å². The fraction of sp³-hybridized carbons (Fsp3) is 0.417. The molecule has 0 fully saturated rings. The maximum atomic E-state index is 8.41. The molecular weight excluding hydrogens is 188 g/mol. The van der Waals surface area contributed by atoms with Gasteiger partial charge < -0.3 is 10.1 Å². The van der Waals surface area contributed by atoms with Crippen LogP contribution >= 0.6 is 0 Å². The van der Waals surface area contributed by atoms with Gasteiger partial charge in [-0.2, -0.15) is 5.26 Å². The topological polar surface area (TPSA) is 45.0 Å². The second-order valence-electron chi connectivity index (χ2n) is 3.36. The first-order chi connectivity index (χ1) is 7.27. The highest BCUT2D eigenvalue weighted by Crippen LogP contribution is 2.16. The van der Waals surface area contributed by atoms with Crippen LogP contribution in [-0.4, -0.2) is 13.7 Å². The first-order valence-electron chi connectivity index (χ1n) is 5.02.